The fourth-order valence-corrected chi connectivity index (χ4v) is 2.07. The minimum absolute atomic E-state index is 0.221. The average molecular weight is 267 g/mol. The molecule has 19 heavy (non-hydrogen) atoms. The fraction of sp³-hybridized carbons (Fsp3) is 0.667. The Balaban J connectivity index is 1.78. The second-order valence-corrected chi connectivity index (χ2v) is 4.53. The van der Waals surface area contributed by atoms with Crippen molar-refractivity contribution in [2.24, 2.45) is 0 Å². The number of anilines is 1. The molecule has 0 radical (unpaired) electrons. The number of hydrogen-bond acceptors (Lipinski definition) is 5. The van der Waals surface area contributed by atoms with Crippen molar-refractivity contribution in [2.45, 2.75) is 13.3 Å². The number of nitrogens with two attached hydrogens (primary N) is 1. The summed E-state index contributed by atoms with van der Waals surface area (Å²) in [4.78, 5) is 14.2. The Labute approximate surface area is 112 Å². The van der Waals surface area contributed by atoms with Gasteiger partial charge < -0.3 is 15.8 Å². The second kappa shape index (κ2) is 6.53. The molecule has 1 amide bonds. The Morgan fingerprint density at radius 3 is 2.89 bits per heavy atom. The van der Waals surface area contributed by atoms with Crippen LogP contribution in [0, 0.1) is 0 Å². The normalized spacial score (nSPS) is 16.5. The van der Waals surface area contributed by atoms with Crippen LogP contribution in [-0.2, 0) is 11.2 Å². The Hall–Kier alpha value is -1.60. The lowest BCUT2D eigenvalue weighted by molar-refractivity contribution is 0.0383. The maximum absolute atomic E-state index is 11.9. The van der Waals surface area contributed by atoms with Crippen LogP contribution in [-0.4, -0.2) is 60.4 Å². The zero-order valence-electron chi connectivity index (χ0n) is 11.2. The molecule has 0 aromatic carbocycles. The predicted molar refractivity (Wildman–Crippen MR) is 72.0 cm³/mol. The number of morpholine rings is 1. The van der Waals surface area contributed by atoms with Crippen LogP contribution in [0.4, 0.5) is 5.69 Å². The number of rotatable bonds is 5. The van der Waals surface area contributed by atoms with E-state index in [0.717, 1.165) is 45.0 Å². The quantitative estimate of drug-likeness (QED) is 0.675. The van der Waals surface area contributed by atoms with Crippen molar-refractivity contribution in [3.63, 3.8) is 0 Å². The molecule has 2 heterocycles. The summed E-state index contributed by atoms with van der Waals surface area (Å²) in [6.45, 7) is 6.73. The number of carbonyl (C=O) groups excluding carboxylic acids is 1. The number of hydrogen-bond donors (Lipinski definition) is 3. The van der Waals surface area contributed by atoms with Gasteiger partial charge in [-0.1, -0.05) is 6.92 Å². The molecule has 2 rings (SSSR count). The van der Waals surface area contributed by atoms with Gasteiger partial charge in [0.1, 0.15) is 0 Å². The zero-order chi connectivity index (χ0) is 13.7. The highest BCUT2D eigenvalue weighted by Crippen LogP contribution is 2.13. The molecule has 1 aromatic rings. The van der Waals surface area contributed by atoms with Crippen LogP contribution in [0.25, 0.3) is 0 Å². The highest BCUT2D eigenvalue weighted by Gasteiger charge is 2.16. The molecule has 0 unspecified atom stereocenters. The van der Waals surface area contributed by atoms with Gasteiger partial charge in [-0.05, 0) is 6.42 Å². The van der Waals surface area contributed by atoms with Gasteiger partial charge in [-0.15, -0.1) is 0 Å². The van der Waals surface area contributed by atoms with Gasteiger partial charge in [-0.2, -0.15) is 5.10 Å². The molecule has 0 atom stereocenters. The summed E-state index contributed by atoms with van der Waals surface area (Å²) in [5, 5.41) is 9.58. The van der Waals surface area contributed by atoms with E-state index in [1.54, 1.807) is 0 Å². The molecule has 7 nitrogen and oxygen atoms in total. The molecule has 7 heteroatoms. The summed E-state index contributed by atoms with van der Waals surface area (Å²) in [5.41, 5.74) is 7.39. The number of ether oxygens (including phenoxy) is 1. The number of nitrogens with one attached hydrogen (secondary N) is 2. The summed E-state index contributed by atoms with van der Waals surface area (Å²) < 4.78 is 5.27. The minimum atomic E-state index is -0.221. The molecule has 1 aromatic heterocycles. The molecular weight excluding hydrogens is 246 g/mol. The van der Waals surface area contributed by atoms with Crippen LogP contribution in [0.15, 0.2) is 0 Å². The average Bonchev–Trinajstić information content (AvgIpc) is 2.81. The van der Waals surface area contributed by atoms with Gasteiger partial charge in [0, 0.05) is 26.2 Å². The van der Waals surface area contributed by atoms with Gasteiger partial charge in [0.05, 0.1) is 24.6 Å². The Kier molecular flexibility index (Phi) is 4.75. The van der Waals surface area contributed by atoms with Gasteiger partial charge in [-0.3, -0.25) is 14.8 Å². The minimum Gasteiger partial charge on any atom is -0.395 e. The smallest absolute Gasteiger partial charge is 0.273 e. The number of aromatic amines is 1. The van der Waals surface area contributed by atoms with Gasteiger partial charge in [0.15, 0.2) is 5.69 Å². The van der Waals surface area contributed by atoms with E-state index >= 15 is 0 Å². The van der Waals surface area contributed by atoms with Crippen LogP contribution in [0.5, 0.6) is 0 Å². The molecule has 4 N–H and O–H groups in total. The molecule has 1 fully saturated rings. The van der Waals surface area contributed by atoms with E-state index in [2.05, 4.69) is 20.4 Å². The largest absolute Gasteiger partial charge is 0.395 e. The number of amides is 1. The molecule has 0 bridgehead atoms. The van der Waals surface area contributed by atoms with E-state index in [0.29, 0.717) is 17.9 Å². The SMILES string of the molecule is CCc1[nH]nc(C(=O)NCCN2CCOCC2)c1N. The first-order chi connectivity index (χ1) is 9.22. The first-order valence-electron chi connectivity index (χ1n) is 6.63. The van der Waals surface area contributed by atoms with E-state index in [4.69, 9.17) is 10.5 Å². The van der Waals surface area contributed by atoms with Crippen LogP contribution in [0.3, 0.4) is 0 Å². The Morgan fingerprint density at radius 2 is 2.26 bits per heavy atom. The molecular formula is C12H21N5O2. The molecule has 106 valence electrons. The second-order valence-electron chi connectivity index (χ2n) is 4.53. The zero-order valence-corrected chi connectivity index (χ0v) is 11.2. The van der Waals surface area contributed by atoms with Gasteiger partial charge >= 0.3 is 0 Å². The third-order valence-electron chi connectivity index (χ3n) is 3.27. The van der Waals surface area contributed by atoms with Gasteiger partial charge in [0.2, 0.25) is 0 Å². The number of aryl methyl sites for hydroxylation is 1. The summed E-state index contributed by atoms with van der Waals surface area (Å²) in [5.74, 6) is -0.221. The molecule has 1 aliphatic heterocycles. The first-order valence-corrected chi connectivity index (χ1v) is 6.63. The van der Waals surface area contributed by atoms with Crippen LogP contribution in [0.1, 0.15) is 23.1 Å². The van der Waals surface area contributed by atoms with Crippen molar-refractivity contribution in [1.82, 2.24) is 20.4 Å². The predicted octanol–water partition coefficient (Wildman–Crippen LogP) is -0.384. The topological polar surface area (TPSA) is 96.3 Å². The number of H-pyrrole nitrogens is 1. The van der Waals surface area contributed by atoms with Crippen LogP contribution in [0.2, 0.25) is 0 Å². The number of nitrogens with zero attached hydrogens (tertiary/aromatic N) is 2. The van der Waals surface area contributed by atoms with Gasteiger partial charge in [-0.25, -0.2) is 0 Å². The van der Waals surface area contributed by atoms with Crippen LogP contribution >= 0.6 is 0 Å². The highest BCUT2D eigenvalue weighted by atomic mass is 16.5. The first kappa shape index (κ1) is 13.8. The number of aromatic nitrogens is 2. The molecule has 0 aliphatic carbocycles. The summed E-state index contributed by atoms with van der Waals surface area (Å²) in [6.07, 6.45) is 0.736. The lowest BCUT2D eigenvalue weighted by Gasteiger charge is -2.26. The van der Waals surface area contributed by atoms with Crippen molar-refractivity contribution in [1.29, 1.82) is 0 Å². The third-order valence-corrected chi connectivity index (χ3v) is 3.27. The molecule has 0 spiro atoms. The Bertz CT molecular complexity index is 426. The van der Waals surface area contributed by atoms with Gasteiger partial charge in [0.25, 0.3) is 5.91 Å². The van der Waals surface area contributed by atoms with Crippen molar-refractivity contribution in [2.75, 3.05) is 45.1 Å². The van der Waals surface area contributed by atoms with E-state index in [-0.39, 0.29) is 5.91 Å². The maximum atomic E-state index is 11.9. The summed E-state index contributed by atoms with van der Waals surface area (Å²) in [6, 6.07) is 0. The summed E-state index contributed by atoms with van der Waals surface area (Å²) >= 11 is 0. The lowest BCUT2D eigenvalue weighted by atomic mass is 10.2. The van der Waals surface area contributed by atoms with Crippen molar-refractivity contribution in [3.05, 3.63) is 11.4 Å². The van der Waals surface area contributed by atoms with Crippen molar-refractivity contribution < 1.29 is 9.53 Å². The Morgan fingerprint density at radius 1 is 1.53 bits per heavy atom. The van der Waals surface area contributed by atoms with Crippen molar-refractivity contribution in [3.8, 4) is 0 Å². The molecule has 1 aliphatic rings. The molecule has 0 saturated carbocycles. The maximum Gasteiger partial charge on any atom is 0.273 e. The third kappa shape index (κ3) is 3.45. The lowest BCUT2D eigenvalue weighted by Crippen LogP contribution is -2.41. The van der Waals surface area contributed by atoms with E-state index < -0.39 is 0 Å². The van der Waals surface area contributed by atoms with E-state index in [9.17, 15) is 4.79 Å². The number of carbonyl (C=O) groups is 1. The standard InChI is InChI=1S/C12H21N5O2/c1-2-9-10(13)11(16-15-9)12(18)14-3-4-17-5-7-19-8-6-17/h2-8,13H2,1H3,(H,14,18)(H,15,16). The summed E-state index contributed by atoms with van der Waals surface area (Å²) in [7, 11) is 0. The highest BCUT2D eigenvalue weighted by molar-refractivity contribution is 5.97. The monoisotopic (exact) mass is 267 g/mol. The van der Waals surface area contributed by atoms with Crippen LogP contribution < -0.4 is 11.1 Å². The fourth-order valence-electron chi connectivity index (χ4n) is 2.07. The van der Waals surface area contributed by atoms with E-state index in [1.807, 2.05) is 6.92 Å². The van der Waals surface area contributed by atoms with E-state index in [1.165, 1.54) is 0 Å². The molecule has 1 saturated heterocycles. The van der Waals surface area contributed by atoms with Crippen molar-refractivity contribution >= 4 is 11.6 Å². The number of nitrogen functional groups attached to an aromatic ring is 1.